The minimum Gasteiger partial charge on any atom is -0.487 e. The lowest BCUT2D eigenvalue weighted by atomic mass is 9.67. The zero-order valence-corrected chi connectivity index (χ0v) is 24.5. The molecule has 0 saturated carbocycles. The third-order valence-electron chi connectivity index (χ3n) is 9.82. The van der Waals surface area contributed by atoms with E-state index in [0.717, 1.165) is 59.5 Å². The van der Waals surface area contributed by atoms with Crippen molar-refractivity contribution in [3.05, 3.63) is 124 Å². The van der Waals surface area contributed by atoms with E-state index in [2.05, 4.69) is 67.6 Å². The van der Waals surface area contributed by atoms with E-state index in [9.17, 15) is 5.11 Å². The third-order valence-corrected chi connectivity index (χ3v) is 9.82. The zero-order valence-electron chi connectivity index (χ0n) is 24.5. The molecule has 2 aliphatic heterocycles. The van der Waals surface area contributed by atoms with Crippen LogP contribution in [0.1, 0.15) is 59.1 Å². The lowest BCUT2D eigenvalue weighted by Crippen LogP contribution is -2.37. The van der Waals surface area contributed by atoms with Crippen LogP contribution in [0.4, 0.5) is 5.69 Å². The molecule has 4 aliphatic rings. The normalized spacial score (nSPS) is 23.4. The molecule has 0 amide bonds. The number of aryl methyl sites for hydroxylation is 1. The number of benzene rings is 4. The minimum atomic E-state index is -0.153. The molecule has 0 saturated heterocycles. The minimum absolute atomic E-state index is 0.120. The monoisotopic (exact) mass is 563 g/mol. The summed E-state index contributed by atoms with van der Waals surface area (Å²) in [6, 6.07) is 28.7. The van der Waals surface area contributed by atoms with Crippen molar-refractivity contribution in [3.63, 3.8) is 0 Å². The number of hydrogen-bond donors (Lipinski definition) is 1. The van der Waals surface area contributed by atoms with Gasteiger partial charge in [0.2, 0.25) is 0 Å². The Morgan fingerprint density at radius 2 is 1.86 bits per heavy atom. The number of fused-ring (bicyclic) bond motifs is 8. The Morgan fingerprint density at radius 3 is 2.74 bits per heavy atom. The summed E-state index contributed by atoms with van der Waals surface area (Å²) in [5.41, 5.74) is 10.8. The summed E-state index contributed by atoms with van der Waals surface area (Å²) < 4.78 is 6.43. The van der Waals surface area contributed by atoms with Crippen molar-refractivity contribution in [2.45, 2.75) is 51.2 Å². The molecule has 4 unspecified atom stereocenters. The van der Waals surface area contributed by atoms with Crippen LogP contribution >= 0.6 is 0 Å². The maximum absolute atomic E-state index is 10.2. The van der Waals surface area contributed by atoms with Crippen molar-refractivity contribution in [3.8, 4) is 0 Å². The van der Waals surface area contributed by atoms with Crippen LogP contribution in [0.25, 0.3) is 22.4 Å². The first kappa shape index (κ1) is 26.4. The zero-order chi connectivity index (χ0) is 28.9. The first-order valence-electron chi connectivity index (χ1n) is 15.6. The quantitative estimate of drug-likeness (QED) is 0.258. The van der Waals surface area contributed by atoms with Crippen LogP contribution in [-0.2, 0) is 24.2 Å². The average molecular weight is 564 g/mol. The average Bonchev–Trinajstić information content (AvgIpc) is 3.44. The molecular weight excluding hydrogens is 528 g/mol. The molecule has 43 heavy (non-hydrogen) atoms. The van der Waals surface area contributed by atoms with Gasteiger partial charge in [-0.1, -0.05) is 85.8 Å². The van der Waals surface area contributed by atoms with Gasteiger partial charge in [-0.3, -0.25) is 4.99 Å². The molecule has 0 bridgehead atoms. The maximum Gasteiger partial charge on any atom is 0.147 e. The molecule has 4 aromatic carbocycles. The molecule has 213 valence electrons. The van der Waals surface area contributed by atoms with E-state index in [0.29, 0.717) is 18.4 Å². The molecule has 2 aliphatic carbocycles. The van der Waals surface area contributed by atoms with Crippen molar-refractivity contribution in [2.75, 3.05) is 6.61 Å². The van der Waals surface area contributed by atoms with Crippen LogP contribution in [0, 0.1) is 17.9 Å². The Labute approximate surface area is 253 Å². The first-order chi connectivity index (χ1) is 21.2. The number of allylic oxidation sites excluding steroid dienone is 2. The molecule has 1 N–H and O–H groups in total. The Hall–Kier alpha value is -4.28. The number of aliphatic hydroxyl groups is 1. The van der Waals surface area contributed by atoms with Crippen molar-refractivity contribution < 1.29 is 9.84 Å². The number of dihydropyridines is 1. The molecule has 4 aromatic rings. The second kappa shape index (κ2) is 10.8. The fourth-order valence-electron chi connectivity index (χ4n) is 7.79. The SMILES string of the molecule is CC1C=Cc2ccc3c4c(ccc3c2C1)C(C1N=CC(OCc2ccccc2)=C2C1=Nc1c[c]ccc12)C(CCO)CC4. The van der Waals surface area contributed by atoms with E-state index < -0.39 is 0 Å². The lowest BCUT2D eigenvalue weighted by molar-refractivity contribution is 0.218. The molecule has 1 radical (unpaired) electrons. The standard InChI is InChI=1S/C39H35N2O2/c1-24-11-12-26-13-15-28-29-16-14-27(19-20-42)36(31(29)18-17-30(28)33(26)21-24)38-39-37(32-9-5-6-10-34(32)41-39)35(22-40-38)43-23-25-7-3-2-4-8-25/h2-5,7-13,15,17-18,22,24,27,36,38,42H,14,16,19-21,23H2,1H3. The van der Waals surface area contributed by atoms with Gasteiger partial charge < -0.3 is 9.84 Å². The highest BCUT2D eigenvalue weighted by Crippen LogP contribution is 2.49. The van der Waals surface area contributed by atoms with Gasteiger partial charge in [0.25, 0.3) is 0 Å². The second-order valence-corrected chi connectivity index (χ2v) is 12.4. The Balaban J connectivity index is 1.23. The van der Waals surface area contributed by atoms with Crippen molar-refractivity contribution in [2.24, 2.45) is 21.8 Å². The van der Waals surface area contributed by atoms with Gasteiger partial charge in [-0.25, -0.2) is 4.99 Å². The number of hydrogen-bond acceptors (Lipinski definition) is 4. The van der Waals surface area contributed by atoms with Crippen LogP contribution in [-0.4, -0.2) is 29.7 Å². The summed E-state index contributed by atoms with van der Waals surface area (Å²) in [7, 11) is 0. The van der Waals surface area contributed by atoms with E-state index >= 15 is 0 Å². The molecule has 4 nitrogen and oxygen atoms in total. The summed E-state index contributed by atoms with van der Waals surface area (Å²) in [4.78, 5) is 10.4. The molecule has 0 aromatic heterocycles. The highest BCUT2D eigenvalue weighted by molar-refractivity contribution is 6.35. The van der Waals surface area contributed by atoms with E-state index in [1.807, 2.05) is 36.5 Å². The highest BCUT2D eigenvalue weighted by Gasteiger charge is 2.43. The van der Waals surface area contributed by atoms with Gasteiger partial charge in [0, 0.05) is 18.1 Å². The van der Waals surface area contributed by atoms with Crippen molar-refractivity contribution >= 4 is 40.0 Å². The molecular formula is C39H35N2O2. The number of rotatable bonds is 6. The van der Waals surface area contributed by atoms with E-state index in [1.54, 1.807) is 0 Å². The predicted octanol–water partition coefficient (Wildman–Crippen LogP) is 8.04. The molecule has 4 atom stereocenters. The van der Waals surface area contributed by atoms with Crippen molar-refractivity contribution in [1.29, 1.82) is 0 Å². The third kappa shape index (κ3) is 4.47. The van der Waals surface area contributed by atoms with Crippen molar-refractivity contribution in [1.82, 2.24) is 0 Å². The maximum atomic E-state index is 10.2. The summed E-state index contributed by atoms with van der Waals surface area (Å²) in [6.45, 7) is 2.95. The predicted molar refractivity (Wildman–Crippen MR) is 175 cm³/mol. The van der Waals surface area contributed by atoms with Gasteiger partial charge in [-0.05, 0) is 88.2 Å². The van der Waals surface area contributed by atoms with Gasteiger partial charge >= 0.3 is 0 Å². The molecule has 8 rings (SSSR count). The lowest BCUT2D eigenvalue weighted by Gasteiger charge is -2.39. The van der Waals surface area contributed by atoms with E-state index in [-0.39, 0.29) is 18.6 Å². The number of nitrogens with zero attached hydrogens (tertiary/aromatic N) is 2. The fourth-order valence-corrected chi connectivity index (χ4v) is 7.79. The number of aliphatic imine (C=N–C) groups is 2. The van der Waals surface area contributed by atoms with Crippen LogP contribution in [0.5, 0.6) is 0 Å². The summed E-state index contributed by atoms with van der Waals surface area (Å²) >= 11 is 0. The molecule has 4 heteroatoms. The molecule has 0 fully saturated rings. The van der Waals surface area contributed by atoms with Crippen LogP contribution < -0.4 is 0 Å². The highest BCUT2D eigenvalue weighted by atomic mass is 16.5. The second-order valence-electron chi connectivity index (χ2n) is 12.4. The number of ether oxygens (including phenoxy) is 1. The van der Waals surface area contributed by atoms with Gasteiger partial charge in [-0.2, -0.15) is 0 Å². The van der Waals surface area contributed by atoms with Crippen LogP contribution in [0.15, 0.2) is 94.6 Å². The van der Waals surface area contributed by atoms with Gasteiger partial charge in [0.1, 0.15) is 12.4 Å². The summed E-state index contributed by atoms with van der Waals surface area (Å²) in [5.74, 6) is 1.75. The first-order valence-corrected chi connectivity index (χ1v) is 15.6. The largest absolute Gasteiger partial charge is 0.487 e. The Bertz CT molecular complexity index is 1850. The summed E-state index contributed by atoms with van der Waals surface area (Å²) in [5, 5.41) is 12.9. The summed E-state index contributed by atoms with van der Waals surface area (Å²) in [6.07, 6.45) is 10.4. The van der Waals surface area contributed by atoms with Gasteiger partial charge in [-0.15, -0.1) is 0 Å². The topological polar surface area (TPSA) is 54.2 Å². The Kier molecular flexibility index (Phi) is 6.60. The molecule has 0 spiro atoms. The van der Waals surface area contributed by atoms with Gasteiger partial charge in [0.15, 0.2) is 0 Å². The molecule has 2 heterocycles. The van der Waals surface area contributed by atoms with Crippen LogP contribution in [0.3, 0.4) is 0 Å². The van der Waals surface area contributed by atoms with Crippen LogP contribution in [0.2, 0.25) is 0 Å². The van der Waals surface area contributed by atoms with Gasteiger partial charge in [0.05, 0.1) is 29.2 Å². The van der Waals surface area contributed by atoms with E-state index in [1.165, 1.54) is 33.0 Å². The fraction of sp³-hybridized carbons (Fsp3) is 0.282. The van der Waals surface area contributed by atoms with E-state index in [4.69, 9.17) is 14.7 Å². The number of aliphatic hydroxyl groups excluding tert-OH is 1. The Morgan fingerprint density at radius 1 is 1.00 bits per heavy atom. The smallest absolute Gasteiger partial charge is 0.147 e.